The summed E-state index contributed by atoms with van der Waals surface area (Å²) in [7, 11) is 1.49. The molecule has 4 aromatic rings. The minimum atomic E-state index is -0.697. The zero-order valence-electron chi connectivity index (χ0n) is 17.8. The Balaban J connectivity index is 1.39. The maximum atomic E-state index is 14.1. The van der Waals surface area contributed by atoms with Crippen LogP contribution in [0, 0.1) is 5.82 Å². The molecule has 1 aliphatic rings. The molecule has 0 radical (unpaired) electrons. The van der Waals surface area contributed by atoms with Crippen LogP contribution in [0.1, 0.15) is 34.1 Å². The number of amides is 1. The van der Waals surface area contributed by atoms with Crippen molar-refractivity contribution >= 4 is 28.2 Å². The lowest BCUT2D eigenvalue weighted by Crippen LogP contribution is -2.40. The van der Waals surface area contributed by atoms with Crippen molar-refractivity contribution in [3.63, 3.8) is 0 Å². The van der Waals surface area contributed by atoms with Gasteiger partial charge in [-0.05, 0) is 37.1 Å². The molecule has 1 amide bonds. The molecule has 2 aromatic heterocycles. The Bertz CT molecular complexity index is 1400. The van der Waals surface area contributed by atoms with Gasteiger partial charge in [0.2, 0.25) is 0 Å². The van der Waals surface area contributed by atoms with Crippen LogP contribution >= 0.6 is 11.3 Å². The topological polar surface area (TPSA) is 85.5 Å². The third kappa shape index (κ3) is 4.00. The van der Waals surface area contributed by atoms with E-state index in [4.69, 9.17) is 9.15 Å². The summed E-state index contributed by atoms with van der Waals surface area (Å²) in [5.74, 6) is -0.325. The van der Waals surface area contributed by atoms with Crippen molar-refractivity contribution in [2.24, 2.45) is 0 Å². The van der Waals surface area contributed by atoms with Gasteiger partial charge in [0.05, 0.1) is 7.11 Å². The third-order valence-electron chi connectivity index (χ3n) is 5.78. The van der Waals surface area contributed by atoms with Gasteiger partial charge < -0.3 is 14.1 Å². The maximum absolute atomic E-state index is 14.1. The standard InChI is InChI=1S/C24H20FN3O4S/c1-31-19-10-4-6-14-12-17(24(30)32-20(14)19)23(29)28-11-5-7-15(13-28)21-26-27-22(33-21)16-8-2-3-9-18(16)25/h2-4,6,8-10,12,15H,5,7,11,13H2,1H3. The summed E-state index contributed by atoms with van der Waals surface area (Å²) < 4.78 is 24.8. The van der Waals surface area contributed by atoms with Crippen LogP contribution in [0.5, 0.6) is 5.75 Å². The predicted molar refractivity (Wildman–Crippen MR) is 122 cm³/mol. The van der Waals surface area contributed by atoms with Crippen LogP contribution in [-0.2, 0) is 0 Å². The molecule has 0 saturated carbocycles. The lowest BCUT2D eigenvalue weighted by Gasteiger charge is -2.31. The highest BCUT2D eigenvalue weighted by Crippen LogP contribution is 2.34. The normalized spacial score (nSPS) is 16.2. The van der Waals surface area contributed by atoms with E-state index in [1.165, 1.54) is 24.5 Å². The largest absolute Gasteiger partial charge is 0.493 e. The molecule has 0 N–H and O–H groups in total. The van der Waals surface area contributed by atoms with Crippen molar-refractivity contribution in [2.45, 2.75) is 18.8 Å². The van der Waals surface area contributed by atoms with E-state index in [-0.39, 0.29) is 23.2 Å². The van der Waals surface area contributed by atoms with Gasteiger partial charge in [-0.15, -0.1) is 10.2 Å². The molecule has 5 rings (SSSR count). The number of likely N-dealkylation sites (tertiary alicyclic amines) is 1. The molecule has 0 aliphatic carbocycles. The molecule has 1 aliphatic heterocycles. The zero-order chi connectivity index (χ0) is 22.9. The van der Waals surface area contributed by atoms with Crippen molar-refractivity contribution in [3.05, 3.63) is 75.3 Å². The molecule has 7 nitrogen and oxygen atoms in total. The smallest absolute Gasteiger partial charge is 0.349 e. The summed E-state index contributed by atoms with van der Waals surface area (Å²) in [6.45, 7) is 0.935. The van der Waals surface area contributed by atoms with Crippen molar-refractivity contribution in [3.8, 4) is 16.3 Å². The summed E-state index contributed by atoms with van der Waals surface area (Å²) in [6.07, 6.45) is 1.59. The van der Waals surface area contributed by atoms with E-state index in [2.05, 4.69) is 10.2 Å². The first kappa shape index (κ1) is 21.3. The van der Waals surface area contributed by atoms with Gasteiger partial charge in [-0.2, -0.15) is 0 Å². The molecule has 9 heteroatoms. The molecule has 0 bridgehead atoms. The Morgan fingerprint density at radius 3 is 2.88 bits per heavy atom. The first-order valence-corrected chi connectivity index (χ1v) is 11.3. The van der Waals surface area contributed by atoms with Gasteiger partial charge >= 0.3 is 5.63 Å². The van der Waals surface area contributed by atoms with E-state index in [0.717, 1.165) is 17.8 Å². The summed E-state index contributed by atoms with van der Waals surface area (Å²) in [6, 6.07) is 13.2. The van der Waals surface area contributed by atoms with E-state index in [1.807, 2.05) is 0 Å². The van der Waals surface area contributed by atoms with Gasteiger partial charge in [0.25, 0.3) is 5.91 Å². The number of para-hydroxylation sites is 1. The van der Waals surface area contributed by atoms with E-state index in [0.29, 0.717) is 40.4 Å². The number of fused-ring (bicyclic) bond motifs is 1. The van der Waals surface area contributed by atoms with E-state index >= 15 is 0 Å². The van der Waals surface area contributed by atoms with Crippen LogP contribution < -0.4 is 10.4 Å². The fraction of sp³-hybridized carbons (Fsp3) is 0.250. The summed E-state index contributed by atoms with van der Waals surface area (Å²) in [4.78, 5) is 27.5. The number of carbonyl (C=O) groups is 1. The highest BCUT2D eigenvalue weighted by Gasteiger charge is 2.30. The third-order valence-corrected chi connectivity index (χ3v) is 6.90. The minimum absolute atomic E-state index is 0.0132. The van der Waals surface area contributed by atoms with Crippen LogP contribution in [0.25, 0.3) is 21.5 Å². The van der Waals surface area contributed by atoms with E-state index in [9.17, 15) is 14.0 Å². The Morgan fingerprint density at radius 1 is 1.21 bits per heavy atom. The lowest BCUT2D eigenvalue weighted by molar-refractivity contribution is 0.0702. The molecule has 168 valence electrons. The zero-order valence-corrected chi connectivity index (χ0v) is 18.6. The summed E-state index contributed by atoms with van der Waals surface area (Å²) >= 11 is 1.33. The highest BCUT2D eigenvalue weighted by molar-refractivity contribution is 7.14. The maximum Gasteiger partial charge on any atom is 0.349 e. The first-order valence-electron chi connectivity index (χ1n) is 10.5. The van der Waals surface area contributed by atoms with Crippen molar-refractivity contribution in [1.29, 1.82) is 0 Å². The number of hydrogen-bond donors (Lipinski definition) is 0. The fourth-order valence-corrected chi connectivity index (χ4v) is 5.10. The monoisotopic (exact) mass is 465 g/mol. The Morgan fingerprint density at radius 2 is 2.06 bits per heavy atom. The van der Waals surface area contributed by atoms with Crippen LogP contribution in [-0.4, -0.2) is 41.2 Å². The number of rotatable bonds is 4. The molecule has 33 heavy (non-hydrogen) atoms. The number of hydrogen-bond acceptors (Lipinski definition) is 7. The van der Waals surface area contributed by atoms with Crippen LogP contribution in [0.15, 0.2) is 57.7 Å². The first-order chi connectivity index (χ1) is 16.0. The highest BCUT2D eigenvalue weighted by atomic mass is 32.1. The van der Waals surface area contributed by atoms with Crippen LogP contribution in [0.3, 0.4) is 0 Å². The second-order valence-electron chi connectivity index (χ2n) is 7.84. The number of ether oxygens (including phenoxy) is 1. The SMILES string of the molecule is COc1cccc2cc(C(=O)N3CCCC(c4nnc(-c5ccccc5F)s4)C3)c(=O)oc12. The van der Waals surface area contributed by atoms with Gasteiger partial charge in [-0.3, -0.25) is 4.79 Å². The molecule has 0 spiro atoms. The molecular weight excluding hydrogens is 445 g/mol. The molecule has 1 fully saturated rings. The Hall–Kier alpha value is -3.59. The number of nitrogens with zero attached hydrogens (tertiary/aromatic N) is 3. The number of piperidine rings is 1. The minimum Gasteiger partial charge on any atom is -0.493 e. The molecular formula is C24H20FN3O4S. The lowest BCUT2D eigenvalue weighted by atomic mass is 9.98. The number of halogens is 1. The van der Waals surface area contributed by atoms with Gasteiger partial charge in [-0.25, -0.2) is 9.18 Å². The average Bonchev–Trinajstić information content (AvgIpc) is 3.33. The van der Waals surface area contributed by atoms with E-state index in [1.54, 1.807) is 47.4 Å². The fourth-order valence-electron chi connectivity index (χ4n) is 4.10. The number of carbonyl (C=O) groups excluding carboxylic acids is 1. The van der Waals surface area contributed by atoms with Crippen molar-refractivity contribution < 1.29 is 18.3 Å². The Kier molecular flexibility index (Phi) is 5.63. The van der Waals surface area contributed by atoms with Gasteiger partial charge in [-0.1, -0.05) is 35.6 Å². The van der Waals surface area contributed by atoms with Crippen LogP contribution in [0.4, 0.5) is 4.39 Å². The molecule has 3 heterocycles. The molecule has 1 saturated heterocycles. The van der Waals surface area contributed by atoms with Crippen LogP contribution in [0.2, 0.25) is 0 Å². The quantitative estimate of drug-likeness (QED) is 0.413. The Labute approximate surface area is 192 Å². The molecule has 1 unspecified atom stereocenters. The molecule has 2 aromatic carbocycles. The summed E-state index contributed by atoms with van der Waals surface area (Å²) in [5.41, 5.74) is 0.0133. The summed E-state index contributed by atoms with van der Waals surface area (Å²) in [5, 5.41) is 10.3. The second-order valence-corrected chi connectivity index (χ2v) is 8.85. The van der Waals surface area contributed by atoms with Crippen molar-refractivity contribution in [2.75, 3.05) is 20.2 Å². The van der Waals surface area contributed by atoms with Gasteiger partial charge in [0.15, 0.2) is 16.3 Å². The second kappa shape index (κ2) is 8.74. The predicted octanol–water partition coefficient (Wildman–Crippen LogP) is 4.48. The number of aromatic nitrogens is 2. The average molecular weight is 466 g/mol. The van der Waals surface area contributed by atoms with Gasteiger partial charge in [0, 0.05) is 30.0 Å². The van der Waals surface area contributed by atoms with E-state index < -0.39 is 5.63 Å². The van der Waals surface area contributed by atoms with Gasteiger partial charge in [0.1, 0.15) is 16.4 Å². The van der Waals surface area contributed by atoms with Crippen molar-refractivity contribution in [1.82, 2.24) is 15.1 Å². The molecule has 1 atom stereocenters. The number of methoxy groups -OCH3 is 1. The number of benzene rings is 2.